The lowest BCUT2D eigenvalue weighted by atomic mass is 10.2. The van der Waals surface area contributed by atoms with Crippen LogP contribution in [0, 0.1) is 6.92 Å². The summed E-state index contributed by atoms with van der Waals surface area (Å²) in [5.41, 5.74) is 8.90. The first-order valence-corrected chi connectivity index (χ1v) is 6.65. The Kier molecular flexibility index (Phi) is 3.51. The van der Waals surface area contributed by atoms with Gasteiger partial charge in [0.2, 0.25) is 0 Å². The number of thiophene rings is 1. The molecule has 1 heterocycles. The highest BCUT2D eigenvalue weighted by atomic mass is 79.9. The van der Waals surface area contributed by atoms with E-state index in [9.17, 15) is 0 Å². The van der Waals surface area contributed by atoms with Gasteiger partial charge in [-0.1, -0.05) is 6.07 Å². The molecule has 2 aromatic rings. The molecule has 0 aliphatic carbocycles. The molecule has 84 valence electrons. The third-order valence-corrected chi connectivity index (χ3v) is 3.98. The molecule has 0 saturated carbocycles. The zero-order valence-electron chi connectivity index (χ0n) is 8.96. The number of nitrogen functional groups attached to an aromatic ring is 1. The highest BCUT2D eigenvalue weighted by Gasteiger charge is 2.00. The second-order valence-corrected chi connectivity index (χ2v) is 5.59. The zero-order chi connectivity index (χ0) is 11.5. The standard InChI is InChI=1S/C12H13BrN2S/c1-8-2-3-12(11(14)4-8)15-6-10-5-9(13)7-16-10/h2-5,7,15H,6,14H2,1H3. The van der Waals surface area contributed by atoms with Gasteiger partial charge in [-0.05, 0) is 46.6 Å². The Morgan fingerprint density at radius 3 is 2.81 bits per heavy atom. The van der Waals surface area contributed by atoms with Crippen LogP contribution >= 0.6 is 27.3 Å². The monoisotopic (exact) mass is 296 g/mol. The molecule has 16 heavy (non-hydrogen) atoms. The van der Waals surface area contributed by atoms with Gasteiger partial charge in [0.1, 0.15) is 0 Å². The van der Waals surface area contributed by atoms with Crippen molar-refractivity contribution in [2.75, 3.05) is 11.1 Å². The van der Waals surface area contributed by atoms with Crippen LogP contribution in [0.25, 0.3) is 0 Å². The summed E-state index contributed by atoms with van der Waals surface area (Å²) in [6.07, 6.45) is 0. The molecule has 1 aromatic heterocycles. The number of benzene rings is 1. The fraction of sp³-hybridized carbons (Fsp3) is 0.167. The molecule has 1 aromatic carbocycles. The summed E-state index contributed by atoms with van der Waals surface area (Å²) < 4.78 is 1.13. The largest absolute Gasteiger partial charge is 0.397 e. The van der Waals surface area contributed by atoms with Gasteiger partial charge in [-0.2, -0.15) is 0 Å². The molecule has 0 bridgehead atoms. The molecule has 0 fully saturated rings. The van der Waals surface area contributed by atoms with Gasteiger partial charge in [-0.25, -0.2) is 0 Å². The Labute approximate surface area is 108 Å². The lowest BCUT2D eigenvalue weighted by Gasteiger charge is -2.08. The van der Waals surface area contributed by atoms with E-state index in [1.54, 1.807) is 11.3 Å². The van der Waals surface area contributed by atoms with E-state index in [0.717, 1.165) is 22.4 Å². The van der Waals surface area contributed by atoms with Crippen molar-refractivity contribution in [3.63, 3.8) is 0 Å². The van der Waals surface area contributed by atoms with Gasteiger partial charge >= 0.3 is 0 Å². The smallest absolute Gasteiger partial charge is 0.0577 e. The first kappa shape index (κ1) is 11.5. The third kappa shape index (κ3) is 2.77. The summed E-state index contributed by atoms with van der Waals surface area (Å²) >= 11 is 5.17. The van der Waals surface area contributed by atoms with Crippen molar-refractivity contribution in [1.29, 1.82) is 0 Å². The van der Waals surface area contributed by atoms with Crippen molar-refractivity contribution < 1.29 is 0 Å². The summed E-state index contributed by atoms with van der Waals surface area (Å²) in [7, 11) is 0. The average Bonchev–Trinajstić information content (AvgIpc) is 2.63. The second-order valence-electron chi connectivity index (χ2n) is 3.68. The maximum atomic E-state index is 5.92. The predicted octanol–water partition coefficient (Wildman–Crippen LogP) is 4.01. The molecule has 2 rings (SSSR count). The number of rotatable bonds is 3. The molecular formula is C12H13BrN2S. The molecule has 0 aliphatic rings. The Morgan fingerprint density at radius 2 is 2.19 bits per heavy atom. The van der Waals surface area contributed by atoms with Crippen LogP contribution in [0.2, 0.25) is 0 Å². The van der Waals surface area contributed by atoms with Crippen molar-refractivity contribution >= 4 is 38.6 Å². The molecule has 2 nitrogen and oxygen atoms in total. The summed E-state index contributed by atoms with van der Waals surface area (Å²) in [5, 5.41) is 5.41. The molecular weight excluding hydrogens is 284 g/mol. The Bertz CT molecular complexity index is 494. The second kappa shape index (κ2) is 4.89. The van der Waals surface area contributed by atoms with Crippen LogP contribution in [0.3, 0.4) is 0 Å². The molecule has 0 atom stereocenters. The van der Waals surface area contributed by atoms with Gasteiger partial charge in [-0.3, -0.25) is 0 Å². The molecule has 0 radical (unpaired) electrons. The molecule has 0 saturated heterocycles. The number of nitrogens with one attached hydrogen (secondary N) is 1. The van der Waals surface area contributed by atoms with Gasteiger partial charge in [0.25, 0.3) is 0 Å². The average molecular weight is 297 g/mol. The highest BCUT2D eigenvalue weighted by molar-refractivity contribution is 9.10. The minimum Gasteiger partial charge on any atom is -0.397 e. The maximum Gasteiger partial charge on any atom is 0.0577 e. The van der Waals surface area contributed by atoms with Crippen molar-refractivity contribution in [2.24, 2.45) is 0 Å². The predicted molar refractivity (Wildman–Crippen MR) is 74.9 cm³/mol. The Balaban J connectivity index is 2.04. The molecule has 0 amide bonds. The number of anilines is 2. The van der Waals surface area contributed by atoms with E-state index < -0.39 is 0 Å². The van der Waals surface area contributed by atoms with Gasteiger partial charge < -0.3 is 11.1 Å². The van der Waals surface area contributed by atoms with Gasteiger partial charge in [0.15, 0.2) is 0 Å². The van der Waals surface area contributed by atoms with E-state index in [2.05, 4.69) is 38.8 Å². The molecule has 3 N–H and O–H groups in total. The van der Waals surface area contributed by atoms with Crippen LogP contribution in [-0.2, 0) is 6.54 Å². The van der Waals surface area contributed by atoms with Crippen LogP contribution in [0.15, 0.2) is 34.1 Å². The number of aryl methyl sites for hydroxylation is 1. The summed E-state index contributed by atoms with van der Waals surface area (Å²) in [4.78, 5) is 1.28. The molecule has 0 spiro atoms. The highest BCUT2D eigenvalue weighted by Crippen LogP contribution is 2.23. The lowest BCUT2D eigenvalue weighted by molar-refractivity contribution is 1.19. The number of hydrogen-bond donors (Lipinski definition) is 2. The summed E-state index contributed by atoms with van der Waals surface area (Å²) in [6.45, 7) is 2.85. The van der Waals surface area contributed by atoms with Gasteiger partial charge in [-0.15, -0.1) is 11.3 Å². The third-order valence-electron chi connectivity index (χ3n) is 2.28. The minimum atomic E-state index is 0.802. The van der Waals surface area contributed by atoms with Crippen molar-refractivity contribution in [3.05, 3.63) is 44.6 Å². The van der Waals surface area contributed by atoms with E-state index in [1.807, 2.05) is 19.1 Å². The summed E-state index contributed by atoms with van der Waals surface area (Å²) in [5.74, 6) is 0. The van der Waals surface area contributed by atoms with Crippen LogP contribution in [0.1, 0.15) is 10.4 Å². The fourth-order valence-corrected chi connectivity index (χ4v) is 2.86. The van der Waals surface area contributed by atoms with E-state index >= 15 is 0 Å². The molecule has 0 unspecified atom stereocenters. The van der Waals surface area contributed by atoms with Crippen molar-refractivity contribution in [1.82, 2.24) is 0 Å². The van der Waals surface area contributed by atoms with E-state index in [4.69, 9.17) is 5.73 Å². The van der Waals surface area contributed by atoms with Crippen molar-refractivity contribution in [3.8, 4) is 0 Å². The Hall–Kier alpha value is -1.000. The maximum absolute atomic E-state index is 5.92. The number of hydrogen-bond acceptors (Lipinski definition) is 3. The van der Waals surface area contributed by atoms with Crippen molar-refractivity contribution in [2.45, 2.75) is 13.5 Å². The van der Waals surface area contributed by atoms with Crippen LogP contribution in [0.5, 0.6) is 0 Å². The molecule has 4 heteroatoms. The number of nitrogens with two attached hydrogens (primary N) is 1. The lowest BCUT2D eigenvalue weighted by Crippen LogP contribution is -2.01. The topological polar surface area (TPSA) is 38.0 Å². The fourth-order valence-electron chi connectivity index (χ4n) is 1.47. The van der Waals surface area contributed by atoms with Crippen LogP contribution in [-0.4, -0.2) is 0 Å². The SMILES string of the molecule is Cc1ccc(NCc2cc(Br)cs2)c(N)c1. The van der Waals surface area contributed by atoms with E-state index in [1.165, 1.54) is 10.4 Å². The quantitative estimate of drug-likeness (QED) is 0.840. The molecule has 0 aliphatic heterocycles. The van der Waals surface area contributed by atoms with Crippen LogP contribution in [0.4, 0.5) is 11.4 Å². The van der Waals surface area contributed by atoms with Crippen LogP contribution < -0.4 is 11.1 Å². The van der Waals surface area contributed by atoms with E-state index in [-0.39, 0.29) is 0 Å². The summed E-state index contributed by atoms with van der Waals surface area (Å²) in [6, 6.07) is 8.17. The van der Waals surface area contributed by atoms with Gasteiger partial charge in [0, 0.05) is 21.3 Å². The normalized spacial score (nSPS) is 10.4. The first-order valence-electron chi connectivity index (χ1n) is 4.98. The number of halogens is 1. The van der Waals surface area contributed by atoms with E-state index in [0.29, 0.717) is 0 Å². The van der Waals surface area contributed by atoms with Gasteiger partial charge in [0.05, 0.1) is 11.4 Å². The first-order chi connectivity index (χ1) is 7.65. The minimum absolute atomic E-state index is 0.802. The Morgan fingerprint density at radius 1 is 1.38 bits per heavy atom. The zero-order valence-corrected chi connectivity index (χ0v) is 11.4.